The molecule has 0 spiro atoms. The third-order valence-electron chi connectivity index (χ3n) is 4.97. The van der Waals surface area contributed by atoms with E-state index in [4.69, 9.17) is 4.74 Å². The second kappa shape index (κ2) is 6.53. The molecule has 23 heavy (non-hydrogen) atoms. The zero-order valence-electron chi connectivity index (χ0n) is 12.9. The van der Waals surface area contributed by atoms with Gasteiger partial charge in [-0.05, 0) is 38.2 Å². The van der Waals surface area contributed by atoms with Crippen molar-refractivity contribution < 1.29 is 23.4 Å². The summed E-state index contributed by atoms with van der Waals surface area (Å²) in [4.78, 5) is 12.6. The molecule has 1 aromatic carbocycles. The van der Waals surface area contributed by atoms with Gasteiger partial charge in [-0.2, -0.15) is 0 Å². The quantitative estimate of drug-likeness (QED) is 0.896. The summed E-state index contributed by atoms with van der Waals surface area (Å²) in [6.45, 7) is 0.786. The number of amides is 1. The van der Waals surface area contributed by atoms with Crippen molar-refractivity contribution in [3.8, 4) is 0 Å². The molecule has 2 fully saturated rings. The van der Waals surface area contributed by atoms with Crippen molar-refractivity contribution in [1.29, 1.82) is 0 Å². The Kier molecular flexibility index (Phi) is 4.64. The van der Waals surface area contributed by atoms with Crippen LogP contribution in [0.1, 0.15) is 37.7 Å². The minimum absolute atomic E-state index is 0.263. The van der Waals surface area contributed by atoms with E-state index in [0.717, 1.165) is 12.5 Å². The molecule has 1 aliphatic heterocycles. The van der Waals surface area contributed by atoms with Gasteiger partial charge in [0.2, 0.25) is 5.91 Å². The number of carbonyl (C=O) groups excluding carboxylic acids is 1. The van der Waals surface area contributed by atoms with Gasteiger partial charge in [-0.3, -0.25) is 4.79 Å². The summed E-state index contributed by atoms with van der Waals surface area (Å²) in [7, 11) is 0. The topological polar surface area (TPSA) is 58.6 Å². The Morgan fingerprint density at radius 2 is 2.00 bits per heavy atom. The summed E-state index contributed by atoms with van der Waals surface area (Å²) in [6.07, 6.45) is 2.24. The number of nitrogens with one attached hydrogen (secondary N) is 1. The number of rotatable bonds is 3. The fraction of sp³-hybridized carbons (Fsp3) is 0.588. The summed E-state index contributed by atoms with van der Waals surface area (Å²) in [5.41, 5.74) is -0.627. The highest BCUT2D eigenvalue weighted by Gasteiger charge is 2.41. The largest absolute Gasteiger partial charge is 0.392 e. The van der Waals surface area contributed by atoms with Crippen LogP contribution < -0.4 is 5.32 Å². The second-order valence-electron chi connectivity index (χ2n) is 6.41. The average molecular weight is 325 g/mol. The Morgan fingerprint density at radius 3 is 2.61 bits per heavy atom. The molecule has 0 bridgehead atoms. The first-order valence-corrected chi connectivity index (χ1v) is 8.05. The molecule has 1 aliphatic carbocycles. The van der Waals surface area contributed by atoms with Crippen molar-refractivity contribution in [2.45, 2.75) is 43.7 Å². The van der Waals surface area contributed by atoms with Crippen LogP contribution in [-0.2, 0) is 15.1 Å². The zero-order valence-corrected chi connectivity index (χ0v) is 12.9. The third kappa shape index (κ3) is 3.23. The Hall–Kier alpha value is -1.53. The van der Waals surface area contributed by atoms with E-state index in [-0.39, 0.29) is 11.5 Å². The van der Waals surface area contributed by atoms with E-state index in [1.807, 2.05) is 0 Å². The fourth-order valence-corrected chi connectivity index (χ4v) is 3.63. The summed E-state index contributed by atoms with van der Waals surface area (Å²) in [5, 5.41) is 12.9. The van der Waals surface area contributed by atoms with E-state index < -0.39 is 29.2 Å². The fourth-order valence-electron chi connectivity index (χ4n) is 3.63. The summed E-state index contributed by atoms with van der Waals surface area (Å²) < 4.78 is 32.9. The molecule has 126 valence electrons. The Bertz CT molecular complexity index is 587. The molecule has 2 aliphatic rings. The van der Waals surface area contributed by atoms with E-state index in [2.05, 4.69) is 5.32 Å². The monoisotopic (exact) mass is 325 g/mol. The molecule has 2 unspecified atom stereocenters. The van der Waals surface area contributed by atoms with Crippen molar-refractivity contribution in [3.63, 3.8) is 0 Å². The maximum Gasteiger partial charge on any atom is 0.226 e. The third-order valence-corrected chi connectivity index (χ3v) is 4.97. The molecule has 1 amide bonds. The van der Waals surface area contributed by atoms with Crippen LogP contribution in [0.2, 0.25) is 0 Å². The zero-order chi connectivity index (χ0) is 16.4. The first-order valence-electron chi connectivity index (χ1n) is 8.05. The molecule has 1 heterocycles. The predicted octanol–water partition coefficient (Wildman–Crippen LogP) is 2.25. The highest BCUT2D eigenvalue weighted by atomic mass is 19.1. The number of aliphatic hydroxyl groups excluding tert-OH is 1. The van der Waals surface area contributed by atoms with Crippen molar-refractivity contribution in [2.24, 2.45) is 5.92 Å². The molecule has 1 saturated heterocycles. The van der Waals surface area contributed by atoms with Gasteiger partial charge < -0.3 is 15.2 Å². The van der Waals surface area contributed by atoms with Crippen molar-refractivity contribution in [2.75, 3.05) is 13.2 Å². The van der Waals surface area contributed by atoms with Gasteiger partial charge in [0.1, 0.15) is 11.6 Å². The minimum atomic E-state index is -0.907. The SMILES string of the molecule is O=C(NC1(c2ccc(F)cc2F)CCOCC1)C1CCCC1O. The lowest BCUT2D eigenvalue weighted by molar-refractivity contribution is -0.131. The number of hydrogen-bond donors (Lipinski definition) is 2. The van der Waals surface area contributed by atoms with E-state index >= 15 is 0 Å². The van der Waals surface area contributed by atoms with Crippen LogP contribution >= 0.6 is 0 Å². The van der Waals surface area contributed by atoms with Crippen LogP contribution in [0.3, 0.4) is 0 Å². The van der Waals surface area contributed by atoms with Crippen molar-refractivity contribution in [1.82, 2.24) is 5.32 Å². The molecule has 3 rings (SSSR count). The molecule has 0 radical (unpaired) electrons. The first kappa shape index (κ1) is 16.3. The Labute approximate surface area is 133 Å². The van der Waals surface area contributed by atoms with Gasteiger partial charge in [-0.25, -0.2) is 8.78 Å². The summed E-state index contributed by atoms with van der Waals surface area (Å²) in [6, 6.07) is 3.43. The summed E-state index contributed by atoms with van der Waals surface area (Å²) in [5.74, 6) is -2.04. The lowest BCUT2D eigenvalue weighted by Crippen LogP contribution is -2.52. The van der Waals surface area contributed by atoms with Crippen LogP contribution in [0.25, 0.3) is 0 Å². The van der Waals surface area contributed by atoms with Crippen molar-refractivity contribution >= 4 is 5.91 Å². The van der Waals surface area contributed by atoms with Gasteiger partial charge in [0.15, 0.2) is 0 Å². The van der Waals surface area contributed by atoms with Gasteiger partial charge in [0, 0.05) is 24.8 Å². The molecule has 2 N–H and O–H groups in total. The Morgan fingerprint density at radius 1 is 1.26 bits per heavy atom. The van der Waals surface area contributed by atoms with E-state index in [0.29, 0.717) is 38.9 Å². The maximum absolute atomic E-state index is 14.3. The van der Waals surface area contributed by atoms with E-state index in [9.17, 15) is 18.7 Å². The highest BCUT2D eigenvalue weighted by Crippen LogP contribution is 2.35. The van der Waals surface area contributed by atoms with E-state index in [1.165, 1.54) is 12.1 Å². The van der Waals surface area contributed by atoms with Crippen LogP contribution in [0.4, 0.5) is 8.78 Å². The normalized spacial score (nSPS) is 26.9. The number of carbonyl (C=O) groups is 1. The molecule has 2 atom stereocenters. The number of aliphatic hydroxyl groups is 1. The van der Waals surface area contributed by atoms with Crippen LogP contribution in [0, 0.1) is 17.6 Å². The van der Waals surface area contributed by atoms with Crippen LogP contribution in [-0.4, -0.2) is 30.3 Å². The number of halogens is 2. The standard InChI is InChI=1S/C17H21F2NO3/c18-11-4-5-13(14(19)10-11)17(6-8-23-9-7-17)20-16(22)12-2-1-3-15(12)21/h4-5,10,12,15,21H,1-3,6-9H2,(H,20,22). The second-order valence-corrected chi connectivity index (χ2v) is 6.41. The molecular weight excluding hydrogens is 304 g/mol. The van der Waals surface area contributed by atoms with Crippen LogP contribution in [0.5, 0.6) is 0 Å². The molecule has 1 saturated carbocycles. The van der Waals surface area contributed by atoms with E-state index in [1.54, 1.807) is 0 Å². The molecule has 1 aromatic rings. The highest BCUT2D eigenvalue weighted by molar-refractivity contribution is 5.80. The smallest absolute Gasteiger partial charge is 0.226 e. The lowest BCUT2D eigenvalue weighted by Gasteiger charge is -2.39. The van der Waals surface area contributed by atoms with Crippen LogP contribution in [0.15, 0.2) is 18.2 Å². The number of ether oxygens (including phenoxy) is 1. The average Bonchev–Trinajstić information content (AvgIpc) is 2.94. The predicted molar refractivity (Wildman–Crippen MR) is 79.6 cm³/mol. The molecule has 0 aromatic heterocycles. The van der Waals surface area contributed by atoms with Gasteiger partial charge in [-0.15, -0.1) is 0 Å². The van der Waals surface area contributed by atoms with Gasteiger partial charge in [0.25, 0.3) is 0 Å². The summed E-state index contributed by atoms with van der Waals surface area (Å²) >= 11 is 0. The molecular formula is C17H21F2NO3. The van der Waals surface area contributed by atoms with Crippen molar-refractivity contribution in [3.05, 3.63) is 35.4 Å². The first-order chi connectivity index (χ1) is 11.0. The maximum atomic E-state index is 14.3. The van der Waals surface area contributed by atoms with Gasteiger partial charge >= 0.3 is 0 Å². The van der Waals surface area contributed by atoms with Gasteiger partial charge in [-0.1, -0.05) is 6.07 Å². The molecule has 4 nitrogen and oxygen atoms in total. The van der Waals surface area contributed by atoms with Gasteiger partial charge in [0.05, 0.1) is 17.6 Å². The Balaban J connectivity index is 1.89. The lowest BCUT2D eigenvalue weighted by atomic mass is 9.81. The minimum Gasteiger partial charge on any atom is -0.392 e. The number of benzene rings is 1. The molecule has 6 heteroatoms. The number of hydrogen-bond acceptors (Lipinski definition) is 3.